The smallest absolute Gasteiger partial charge is 0.283 e. The number of carbonyl (C=O) groups is 1. The number of rotatable bonds is 8. The average molecular weight is 479 g/mol. The van der Waals surface area contributed by atoms with E-state index in [4.69, 9.17) is 19.6 Å². The van der Waals surface area contributed by atoms with Crippen LogP contribution < -0.4 is 14.2 Å². The lowest BCUT2D eigenvalue weighted by Gasteiger charge is -2.20. The summed E-state index contributed by atoms with van der Waals surface area (Å²) in [6, 6.07) is 11.5. The largest absolute Gasteiger partial charge is 0.490 e. The van der Waals surface area contributed by atoms with Crippen molar-refractivity contribution in [2.24, 2.45) is 10.1 Å². The highest BCUT2D eigenvalue weighted by Crippen LogP contribution is 2.32. The summed E-state index contributed by atoms with van der Waals surface area (Å²) in [6.45, 7) is 8.93. The van der Waals surface area contributed by atoms with E-state index >= 15 is 0 Å². The molecular formula is C25H26N4O4S. The maximum Gasteiger partial charge on any atom is 0.283 e. The molecule has 0 fully saturated rings. The molecule has 0 aliphatic carbocycles. The Kier molecular flexibility index (Phi) is 7.02. The van der Waals surface area contributed by atoms with Crippen LogP contribution in [0.25, 0.3) is 6.08 Å². The summed E-state index contributed by atoms with van der Waals surface area (Å²) in [5.74, 6) is 1.51. The van der Waals surface area contributed by atoms with Crippen molar-refractivity contribution in [3.8, 4) is 17.2 Å². The van der Waals surface area contributed by atoms with Crippen LogP contribution in [0, 0.1) is 19.3 Å². The fraction of sp³-hybridized carbons (Fsp3) is 0.280. The molecule has 2 aromatic carbocycles. The third-order valence-corrected chi connectivity index (χ3v) is 5.90. The van der Waals surface area contributed by atoms with E-state index in [2.05, 4.69) is 16.2 Å². The Bertz CT molecular complexity index is 1240. The van der Waals surface area contributed by atoms with Crippen molar-refractivity contribution in [1.82, 2.24) is 5.01 Å². The van der Waals surface area contributed by atoms with Gasteiger partial charge in [0.05, 0.1) is 17.2 Å². The van der Waals surface area contributed by atoms with Gasteiger partial charge in [0.25, 0.3) is 5.91 Å². The summed E-state index contributed by atoms with van der Waals surface area (Å²) in [7, 11) is 0. The van der Waals surface area contributed by atoms with E-state index in [9.17, 15) is 4.79 Å². The van der Waals surface area contributed by atoms with Crippen molar-refractivity contribution in [1.29, 1.82) is 5.41 Å². The number of nitrogens with one attached hydrogen (secondary N) is 1. The molecule has 9 heteroatoms. The summed E-state index contributed by atoms with van der Waals surface area (Å²) < 4.78 is 17.5. The molecule has 176 valence electrons. The van der Waals surface area contributed by atoms with Gasteiger partial charge in [0.15, 0.2) is 17.3 Å². The van der Waals surface area contributed by atoms with E-state index in [0.29, 0.717) is 42.1 Å². The Balaban J connectivity index is 1.46. The lowest BCUT2D eigenvalue weighted by atomic mass is 10.1. The molecule has 0 aromatic heterocycles. The first-order valence-corrected chi connectivity index (χ1v) is 11.7. The number of fused-ring (bicyclic) bond motifs is 1. The summed E-state index contributed by atoms with van der Waals surface area (Å²) in [5, 5.41) is 15.2. The highest BCUT2D eigenvalue weighted by atomic mass is 32.2. The van der Waals surface area contributed by atoms with Gasteiger partial charge in [0, 0.05) is 0 Å². The third kappa shape index (κ3) is 5.14. The minimum Gasteiger partial charge on any atom is -0.490 e. The Labute approximate surface area is 202 Å². The number of amidine groups is 2. The number of amides is 1. The van der Waals surface area contributed by atoms with Crippen LogP contribution in [-0.2, 0) is 4.79 Å². The number of aryl methyl sites for hydroxylation is 2. The Morgan fingerprint density at radius 2 is 1.76 bits per heavy atom. The first-order valence-electron chi connectivity index (χ1n) is 10.9. The normalized spacial score (nSPS) is 16.4. The predicted molar refractivity (Wildman–Crippen MR) is 135 cm³/mol. The number of benzene rings is 2. The maximum absolute atomic E-state index is 12.5. The van der Waals surface area contributed by atoms with Crippen molar-refractivity contribution in [3.63, 3.8) is 0 Å². The van der Waals surface area contributed by atoms with Gasteiger partial charge in [-0.05, 0) is 80.4 Å². The average Bonchev–Trinajstić information content (AvgIpc) is 3.18. The minimum atomic E-state index is -0.462. The van der Waals surface area contributed by atoms with Crippen LogP contribution in [0.1, 0.15) is 30.5 Å². The van der Waals surface area contributed by atoms with E-state index in [1.54, 1.807) is 18.2 Å². The van der Waals surface area contributed by atoms with Gasteiger partial charge in [-0.25, -0.2) is 0 Å². The van der Waals surface area contributed by atoms with Gasteiger partial charge in [-0.3, -0.25) is 10.2 Å². The number of carbonyl (C=O) groups excluding carboxylic acids is 1. The number of hydrogen-bond donors (Lipinski definition) is 1. The van der Waals surface area contributed by atoms with Crippen molar-refractivity contribution >= 4 is 39.8 Å². The molecule has 0 saturated carbocycles. The first kappa shape index (κ1) is 23.6. The molecule has 0 unspecified atom stereocenters. The van der Waals surface area contributed by atoms with Gasteiger partial charge in [0.2, 0.25) is 5.17 Å². The Morgan fingerprint density at radius 1 is 1.00 bits per heavy atom. The zero-order valence-electron chi connectivity index (χ0n) is 19.5. The molecule has 0 bridgehead atoms. The van der Waals surface area contributed by atoms with Crippen LogP contribution in [0.3, 0.4) is 0 Å². The summed E-state index contributed by atoms with van der Waals surface area (Å²) >= 11 is 1.28. The first-order chi connectivity index (χ1) is 16.4. The van der Waals surface area contributed by atoms with Gasteiger partial charge in [-0.1, -0.05) is 18.2 Å². The predicted octanol–water partition coefficient (Wildman–Crippen LogP) is 4.80. The molecule has 0 spiro atoms. The quantitative estimate of drug-likeness (QED) is 0.432. The standard InChI is InChI=1S/C25H26N4O4S/c1-5-31-22-14-18(13-19-23(26)29-25(27-24(19)30)34-17(4)28-29)8-9-20(22)32-10-11-33-21-12-15(2)6-7-16(21)3/h6-9,12-14,26H,5,10-11H2,1-4H3/b19-13+,26-23?. The minimum absolute atomic E-state index is 0.00114. The number of hydrogen-bond acceptors (Lipinski definition) is 7. The molecule has 8 nitrogen and oxygen atoms in total. The fourth-order valence-electron chi connectivity index (χ4n) is 3.42. The van der Waals surface area contributed by atoms with Crippen LogP contribution in [-0.4, -0.2) is 46.8 Å². The number of thioether (sulfide) groups is 1. The second-order valence-electron chi connectivity index (χ2n) is 7.74. The summed E-state index contributed by atoms with van der Waals surface area (Å²) in [6.07, 6.45) is 1.62. The van der Waals surface area contributed by atoms with Crippen LogP contribution >= 0.6 is 11.8 Å². The number of ether oxygens (including phenoxy) is 3. The van der Waals surface area contributed by atoms with E-state index in [0.717, 1.165) is 21.9 Å². The lowest BCUT2D eigenvalue weighted by molar-refractivity contribution is -0.114. The van der Waals surface area contributed by atoms with E-state index < -0.39 is 5.91 Å². The number of nitrogens with zero attached hydrogens (tertiary/aromatic N) is 3. The summed E-state index contributed by atoms with van der Waals surface area (Å²) in [5.41, 5.74) is 3.08. The molecule has 2 aliphatic rings. The van der Waals surface area contributed by atoms with E-state index in [1.165, 1.54) is 16.8 Å². The molecule has 0 atom stereocenters. The van der Waals surface area contributed by atoms with E-state index in [1.807, 2.05) is 45.9 Å². The molecule has 4 rings (SSSR count). The molecule has 2 heterocycles. The molecule has 0 saturated heterocycles. The van der Waals surface area contributed by atoms with Crippen molar-refractivity contribution in [2.45, 2.75) is 27.7 Å². The van der Waals surface area contributed by atoms with Crippen LogP contribution in [0.5, 0.6) is 17.2 Å². The maximum atomic E-state index is 12.5. The van der Waals surface area contributed by atoms with Crippen LogP contribution in [0.15, 0.2) is 52.1 Å². The van der Waals surface area contributed by atoms with Gasteiger partial charge < -0.3 is 14.2 Å². The Morgan fingerprint density at radius 3 is 2.53 bits per heavy atom. The van der Waals surface area contributed by atoms with Gasteiger partial charge in [-0.15, -0.1) is 0 Å². The lowest BCUT2D eigenvalue weighted by Crippen LogP contribution is -2.35. The van der Waals surface area contributed by atoms with Gasteiger partial charge in [0.1, 0.15) is 19.0 Å². The Hall–Kier alpha value is -3.59. The monoisotopic (exact) mass is 478 g/mol. The van der Waals surface area contributed by atoms with Crippen molar-refractivity contribution in [2.75, 3.05) is 19.8 Å². The SMILES string of the molecule is CCOc1cc(/C=C2\C(=N)N3N=C(C)SC3=NC2=O)ccc1OCCOc1cc(C)ccc1C. The molecule has 1 N–H and O–H groups in total. The highest BCUT2D eigenvalue weighted by molar-refractivity contribution is 8.26. The second-order valence-corrected chi connectivity index (χ2v) is 8.90. The number of hydrazone groups is 1. The highest BCUT2D eigenvalue weighted by Gasteiger charge is 2.34. The van der Waals surface area contributed by atoms with E-state index in [-0.39, 0.29) is 11.4 Å². The van der Waals surface area contributed by atoms with Crippen molar-refractivity contribution < 1.29 is 19.0 Å². The fourth-order valence-corrected chi connectivity index (χ4v) is 4.16. The zero-order chi connectivity index (χ0) is 24.2. The van der Waals surface area contributed by atoms with Crippen LogP contribution in [0.4, 0.5) is 0 Å². The molecule has 2 aliphatic heterocycles. The summed E-state index contributed by atoms with van der Waals surface area (Å²) in [4.78, 5) is 16.6. The van der Waals surface area contributed by atoms with Gasteiger partial charge >= 0.3 is 0 Å². The second kappa shape index (κ2) is 10.1. The zero-order valence-corrected chi connectivity index (χ0v) is 20.4. The molecule has 1 amide bonds. The molecule has 0 radical (unpaired) electrons. The molecule has 34 heavy (non-hydrogen) atoms. The van der Waals surface area contributed by atoms with Gasteiger partial charge in [-0.2, -0.15) is 15.1 Å². The third-order valence-electron chi connectivity index (χ3n) is 5.08. The molecule has 2 aromatic rings. The van der Waals surface area contributed by atoms with Crippen LogP contribution in [0.2, 0.25) is 0 Å². The number of aliphatic imine (C=N–C) groups is 1. The topological polar surface area (TPSA) is 96.6 Å². The van der Waals surface area contributed by atoms with Crippen molar-refractivity contribution in [3.05, 3.63) is 58.7 Å². The molecular weight excluding hydrogens is 452 g/mol.